The van der Waals surface area contributed by atoms with Gasteiger partial charge in [0.15, 0.2) is 0 Å². The van der Waals surface area contributed by atoms with Gasteiger partial charge in [-0.2, -0.15) is 0 Å². The van der Waals surface area contributed by atoms with Gasteiger partial charge in [0, 0.05) is 4.47 Å². The molecule has 0 aromatic heterocycles. The predicted molar refractivity (Wildman–Crippen MR) is 94.8 cm³/mol. The number of hydrogen-bond acceptors (Lipinski definition) is 4. The first-order valence-electron chi connectivity index (χ1n) is 7.65. The van der Waals surface area contributed by atoms with E-state index in [0.29, 0.717) is 6.61 Å². The highest BCUT2D eigenvalue weighted by Gasteiger charge is 2.19. The number of esters is 2. The summed E-state index contributed by atoms with van der Waals surface area (Å²) in [4.78, 5) is 24.5. The van der Waals surface area contributed by atoms with E-state index in [1.54, 1.807) is 24.3 Å². The smallest absolute Gasteiger partial charge is 0.339 e. The predicted octanol–water partition coefficient (Wildman–Crippen LogP) is 4.62. The Morgan fingerprint density at radius 2 is 1.46 bits per heavy atom. The Balaban J connectivity index is 2.06. The van der Waals surface area contributed by atoms with Crippen molar-refractivity contribution >= 4 is 27.9 Å². The molecule has 0 aliphatic heterocycles. The Labute approximate surface area is 149 Å². The lowest BCUT2D eigenvalue weighted by molar-refractivity contribution is 0.0418. The fourth-order valence-corrected chi connectivity index (χ4v) is 2.23. The van der Waals surface area contributed by atoms with Crippen molar-refractivity contribution in [1.82, 2.24) is 0 Å². The first kappa shape index (κ1) is 18.2. The first-order valence-corrected chi connectivity index (χ1v) is 8.44. The largest absolute Gasteiger partial charge is 0.462 e. The van der Waals surface area contributed by atoms with Gasteiger partial charge in [-0.3, -0.25) is 0 Å². The van der Waals surface area contributed by atoms with Gasteiger partial charge in [-0.25, -0.2) is 9.59 Å². The molecule has 0 fully saturated rings. The van der Waals surface area contributed by atoms with E-state index in [4.69, 9.17) is 9.47 Å². The van der Waals surface area contributed by atoms with Gasteiger partial charge in [-0.1, -0.05) is 54.0 Å². The summed E-state index contributed by atoms with van der Waals surface area (Å²) in [6, 6.07) is 14.0. The third-order valence-electron chi connectivity index (χ3n) is 3.20. The molecule has 0 heterocycles. The van der Waals surface area contributed by atoms with Crippen LogP contribution in [0.4, 0.5) is 0 Å². The van der Waals surface area contributed by atoms with E-state index >= 15 is 0 Å². The van der Waals surface area contributed by atoms with E-state index in [0.717, 1.165) is 10.0 Å². The quantitative estimate of drug-likeness (QED) is 0.675. The Morgan fingerprint density at radius 3 is 2.00 bits per heavy atom. The number of halogens is 1. The van der Waals surface area contributed by atoms with Crippen LogP contribution in [0.5, 0.6) is 0 Å². The van der Waals surface area contributed by atoms with Crippen LogP contribution in [0.25, 0.3) is 0 Å². The summed E-state index contributed by atoms with van der Waals surface area (Å²) in [7, 11) is 0. The minimum Gasteiger partial charge on any atom is -0.462 e. The van der Waals surface area contributed by atoms with Gasteiger partial charge in [0.2, 0.25) is 0 Å². The van der Waals surface area contributed by atoms with Gasteiger partial charge in [-0.05, 0) is 35.7 Å². The maximum absolute atomic E-state index is 12.3. The molecule has 0 spiro atoms. The summed E-state index contributed by atoms with van der Waals surface area (Å²) in [6.07, 6.45) is 0. The summed E-state index contributed by atoms with van der Waals surface area (Å²) in [5, 5.41) is 0. The van der Waals surface area contributed by atoms with Gasteiger partial charge in [0.25, 0.3) is 0 Å². The molecule has 0 radical (unpaired) electrons. The van der Waals surface area contributed by atoms with Crippen molar-refractivity contribution < 1.29 is 19.1 Å². The maximum Gasteiger partial charge on any atom is 0.339 e. The summed E-state index contributed by atoms with van der Waals surface area (Å²) in [6.45, 7) is 4.35. The summed E-state index contributed by atoms with van der Waals surface area (Å²) < 4.78 is 11.5. The second-order valence-electron chi connectivity index (χ2n) is 5.74. The van der Waals surface area contributed by atoms with Crippen molar-refractivity contribution in [3.63, 3.8) is 0 Å². The lowest BCUT2D eigenvalue weighted by atomic mass is 10.1. The van der Waals surface area contributed by atoms with Gasteiger partial charge in [0.05, 0.1) is 17.7 Å². The normalized spacial score (nSPS) is 10.5. The van der Waals surface area contributed by atoms with Crippen LogP contribution < -0.4 is 0 Å². The van der Waals surface area contributed by atoms with Crippen LogP contribution in [-0.2, 0) is 16.1 Å². The van der Waals surface area contributed by atoms with E-state index in [9.17, 15) is 9.59 Å². The molecular weight excluding hydrogens is 372 g/mol. The van der Waals surface area contributed by atoms with E-state index in [2.05, 4.69) is 15.9 Å². The molecule has 2 rings (SSSR count). The number of rotatable bonds is 6. The number of carbonyl (C=O) groups is 2. The SMILES string of the molecule is CC(C)COC(=O)c1ccccc1C(=O)OCc1ccc(Br)cc1. The zero-order valence-corrected chi connectivity index (χ0v) is 15.2. The van der Waals surface area contributed by atoms with Crippen LogP contribution in [0.15, 0.2) is 53.0 Å². The average molecular weight is 391 g/mol. The molecule has 2 aromatic rings. The fraction of sp³-hybridized carbons (Fsp3) is 0.263. The molecule has 0 aliphatic carbocycles. The summed E-state index contributed by atoms with van der Waals surface area (Å²) >= 11 is 3.35. The van der Waals surface area contributed by atoms with E-state index in [-0.39, 0.29) is 23.7 Å². The highest BCUT2D eigenvalue weighted by Crippen LogP contribution is 2.15. The van der Waals surface area contributed by atoms with Crippen LogP contribution in [0, 0.1) is 5.92 Å². The number of ether oxygens (including phenoxy) is 2. The lowest BCUT2D eigenvalue weighted by Crippen LogP contribution is -2.15. The molecule has 2 aromatic carbocycles. The van der Waals surface area contributed by atoms with Gasteiger partial charge in [-0.15, -0.1) is 0 Å². The number of benzene rings is 2. The maximum atomic E-state index is 12.3. The summed E-state index contributed by atoms with van der Waals surface area (Å²) in [5.74, 6) is -0.833. The number of hydrogen-bond donors (Lipinski definition) is 0. The molecule has 0 aliphatic rings. The molecule has 0 N–H and O–H groups in total. The zero-order valence-electron chi connectivity index (χ0n) is 13.6. The highest BCUT2D eigenvalue weighted by molar-refractivity contribution is 9.10. The van der Waals surface area contributed by atoms with E-state index in [1.165, 1.54) is 0 Å². The van der Waals surface area contributed by atoms with Crippen LogP contribution in [0.3, 0.4) is 0 Å². The van der Waals surface area contributed by atoms with Crippen LogP contribution in [0.1, 0.15) is 40.1 Å². The Bertz CT molecular complexity index is 708. The molecule has 5 heteroatoms. The summed E-state index contributed by atoms with van der Waals surface area (Å²) in [5.41, 5.74) is 1.30. The molecule has 0 unspecified atom stereocenters. The van der Waals surface area contributed by atoms with Gasteiger partial charge >= 0.3 is 11.9 Å². The van der Waals surface area contributed by atoms with Crippen LogP contribution >= 0.6 is 15.9 Å². The molecule has 0 amide bonds. The Kier molecular flexibility index (Phi) is 6.55. The molecule has 4 nitrogen and oxygen atoms in total. The first-order chi connectivity index (χ1) is 11.5. The van der Waals surface area contributed by atoms with E-state index < -0.39 is 11.9 Å². The average Bonchev–Trinajstić information content (AvgIpc) is 2.59. The van der Waals surface area contributed by atoms with Crippen LogP contribution in [0.2, 0.25) is 0 Å². The lowest BCUT2D eigenvalue weighted by Gasteiger charge is -2.11. The molecule has 0 bridgehead atoms. The third-order valence-corrected chi connectivity index (χ3v) is 3.73. The van der Waals surface area contributed by atoms with Crippen molar-refractivity contribution in [3.8, 4) is 0 Å². The second kappa shape index (κ2) is 8.64. The molecule has 0 atom stereocenters. The van der Waals surface area contributed by atoms with E-state index in [1.807, 2.05) is 38.1 Å². The van der Waals surface area contributed by atoms with Crippen LogP contribution in [-0.4, -0.2) is 18.5 Å². The van der Waals surface area contributed by atoms with Crippen molar-refractivity contribution in [1.29, 1.82) is 0 Å². The molecule has 126 valence electrons. The Hall–Kier alpha value is -2.14. The van der Waals surface area contributed by atoms with Crippen molar-refractivity contribution in [2.45, 2.75) is 20.5 Å². The standard InChI is InChI=1S/C19H19BrO4/c1-13(2)11-23-18(21)16-5-3-4-6-17(16)19(22)24-12-14-7-9-15(20)10-8-14/h3-10,13H,11-12H2,1-2H3. The minimum atomic E-state index is -0.546. The fourth-order valence-electron chi connectivity index (χ4n) is 1.97. The number of carbonyl (C=O) groups excluding carboxylic acids is 2. The van der Waals surface area contributed by atoms with Crippen molar-refractivity contribution in [2.24, 2.45) is 5.92 Å². The molecule has 0 saturated carbocycles. The molecule has 24 heavy (non-hydrogen) atoms. The zero-order chi connectivity index (χ0) is 17.5. The molecular formula is C19H19BrO4. The van der Waals surface area contributed by atoms with Gasteiger partial charge < -0.3 is 9.47 Å². The Morgan fingerprint density at radius 1 is 0.917 bits per heavy atom. The second-order valence-corrected chi connectivity index (χ2v) is 6.66. The third kappa shape index (κ3) is 5.20. The highest BCUT2D eigenvalue weighted by atomic mass is 79.9. The monoisotopic (exact) mass is 390 g/mol. The van der Waals surface area contributed by atoms with Crippen molar-refractivity contribution in [3.05, 3.63) is 69.7 Å². The van der Waals surface area contributed by atoms with Gasteiger partial charge in [0.1, 0.15) is 6.61 Å². The minimum absolute atomic E-state index is 0.140. The topological polar surface area (TPSA) is 52.6 Å². The van der Waals surface area contributed by atoms with Crippen molar-refractivity contribution in [2.75, 3.05) is 6.61 Å². The molecule has 0 saturated heterocycles.